The highest BCUT2D eigenvalue weighted by atomic mass is 16.5. The van der Waals surface area contributed by atoms with Crippen LogP contribution in [0.15, 0.2) is 42.5 Å². The highest BCUT2D eigenvalue weighted by Crippen LogP contribution is 2.25. The quantitative estimate of drug-likeness (QED) is 0.862. The minimum Gasteiger partial charge on any atom is -0.497 e. The summed E-state index contributed by atoms with van der Waals surface area (Å²) >= 11 is 0. The zero-order chi connectivity index (χ0) is 18.4. The third kappa shape index (κ3) is 4.08. The first-order valence-electron chi connectivity index (χ1n) is 8.63. The molecule has 2 aromatic carbocycles. The third-order valence-corrected chi connectivity index (χ3v) is 4.43. The number of nitrogens with zero attached hydrogens (tertiary/aromatic N) is 1. The second kappa shape index (κ2) is 8.58. The van der Waals surface area contributed by atoms with Gasteiger partial charge >= 0.3 is 0 Å². The first kappa shape index (κ1) is 18.1. The van der Waals surface area contributed by atoms with Gasteiger partial charge in [-0.15, -0.1) is 0 Å². The Morgan fingerprint density at radius 2 is 1.88 bits per heavy atom. The van der Waals surface area contributed by atoms with Crippen LogP contribution in [0.25, 0.3) is 0 Å². The molecular weight excluding hydrogens is 332 g/mol. The van der Waals surface area contributed by atoms with E-state index in [-0.39, 0.29) is 5.91 Å². The van der Waals surface area contributed by atoms with Crippen molar-refractivity contribution < 1.29 is 19.0 Å². The zero-order valence-corrected chi connectivity index (χ0v) is 15.2. The van der Waals surface area contributed by atoms with E-state index in [2.05, 4.69) is 10.2 Å². The molecular formula is C20H24N2O4. The predicted octanol–water partition coefficient (Wildman–Crippen LogP) is 2.47. The number of anilines is 1. The van der Waals surface area contributed by atoms with Gasteiger partial charge in [0.2, 0.25) is 0 Å². The second-order valence-electron chi connectivity index (χ2n) is 5.98. The first-order valence-corrected chi connectivity index (χ1v) is 8.63. The number of benzene rings is 2. The van der Waals surface area contributed by atoms with Crippen LogP contribution in [0.4, 0.5) is 5.69 Å². The molecule has 0 aromatic heterocycles. The van der Waals surface area contributed by atoms with Crippen molar-refractivity contribution >= 4 is 11.6 Å². The molecule has 0 saturated carbocycles. The van der Waals surface area contributed by atoms with Gasteiger partial charge in [0.25, 0.3) is 5.91 Å². The summed E-state index contributed by atoms with van der Waals surface area (Å²) in [5.74, 6) is 1.33. The Hall–Kier alpha value is -2.73. The number of hydrogen-bond acceptors (Lipinski definition) is 5. The van der Waals surface area contributed by atoms with E-state index in [4.69, 9.17) is 14.2 Å². The predicted molar refractivity (Wildman–Crippen MR) is 100 cm³/mol. The smallest absolute Gasteiger partial charge is 0.253 e. The van der Waals surface area contributed by atoms with Gasteiger partial charge in [0.15, 0.2) is 0 Å². The van der Waals surface area contributed by atoms with Crippen molar-refractivity contribution in [3.63, 3.8) is 0 Å². The van der Waals surface area contributed by atoms with Crippen molar-refractivity contribution in [3.05, 3.63) is 53.6 Å². The maximum Gasteiger partial charge on any atom is 0.253 e. The fraction of sp³-hybridized carbons (Fsp3) is 0.350. The topological polar surface area (TPSA) is 60.0 Å². The molecule has 3 rings (SSSR count). The van der Waals surface area contributed by atoms with Crippen molar-refractivity contribution in [1.82, 2.24) is 5.32 Å². The van der Waals surface area contributed by atoms with Crippen LogP contribution in [0.2, 0.25) is 0 Å². The van der Waals surface area contributed by atoms with Gasteiger partial charge in [0.05, 0.1) is 33.0 Å². The summed E-state index contributed by atoms with van der Waals surface area (Å²) in [5, 5.41) is 2.99. The van der Waals surface area contributed by atoms with Crippen LogP contribution in [0.5, 0.6) is 11.5 Å². The van der Waals surface area contributed by atoms with Gasteiger partial charge < -0.3 is 24.4 Å². The molecule has 0 aliphatic carbocycles. The van der Waals surface area contributed by atoms with Gasteiger partial charge in [0, 0.05) is 30.9 Å². The lowest BCUT2D eigenvalue weighted by Gasteiger charge is -2.30. The number of methoxy groups -OCH3 is 2. The molecule has 2 aromatic rings. The molecule has 138 valence electrons. The van der Waals surface area contributed by atoms with Crippen LogP contribution < -0.4 is 19.7 Å². The molecule has 1 saturated heterocycles. The van der Waals surface area contributed by atoms with E-state index in [9.17, 15) is 4.79 Å². The van der Waals surface area contributed by atoms with Crippen molar-refractivity contribution in [1.29, 1.82) is 0 Å². The molecule has 0 radical (unpaired) electrons. The molecule has 0 bridgehead atoms. The van der Waals surface area contributed by atoms with Crippen molar-refractivity contribution in [3.8, 4) is 11.5 Å². The Bertz CT molecular complexity index is 757. The number of carbonyl (C=O) groups excluding carboxylic acids is 1. The molecule has 1 aliphatic heterocycles. The van der Waals surface area contributed by atoms with E-state index in [1.54, 1.807) is 14.2 Å². The number of para-hydroxylation sites is 1. The van der Waals surface area contributed by atoms with Crippen LogP contribution in [0, 0.1) is 0 Å². The molecule has 26 heavy (non-hydrogen) atoms. The molecule has 0 spiro atoms. The van der Waals surface area contributed by atoms with Gasteiger partial charge in [-0.2, -0.15) is 0 Å². The van der Waals surface area contributed by atoms with Gasteiger partial charge in [0.1, 0.15) is 11.5 Å². The summed E-state index contributed by atoms with van der Waals surface area (Å²) in [4.78, 5) is 15.0. The molecule has 1 fully saturated rings. The van der Waals surface area contributed by atoms with Gasteiger partial charge in [-0.1, -0.05) is 12.1 Å². The number of nitrogens with one attached hydrogen (secondary N) is 1. The number of rotatable bonds is 6. The Morgan fingerprint density at radius 1 is 1.12 bits per heavy atom. The Labute approximate surface area is 153 Å². The molecule has 1 amide bonds. The lowest BCUT2D eigenvalue weighted by molar-refractivity contribution is 0.0949. The van der Waals surface area contributed by atoms with Gasteiger partial charge in [-0.05, 0) is 30.3 Å². The number of morpholine rings is 1. The SMILES string of the molecule is COc1ccc(OC)c(CNC(=O)c2ccccc2N2CCOCC2)c1. The van der Waals surface area contributed by atoms with Crippen LogP contribution in [0.3, 0.4) is 0 Å². The maximum atomic E-state index is 12.8. The van der Waals surface area contributed by atoms with Crippen molar-refractivity contribution in [2.75, 3.05) is 45.4 Å². The maximum absolute atomic E-state index is 12.8. The highest BCUT2D eigenvalue weighted by Gasteiger charge is 2.18. The Morgan fingerprint density at radius 3 is 2.62 bits per heavy atom. The highest BCUT2D eigenvalue weighted by molar-refractivity contribution is 5.99. The van der Waals surface area contributed by atoms with Crippen molar-refractivity contribution in [2.24, 2.45) is 0 Å². The first-order chi connectivity index (χ1) is 12.7. The number of ether oxygens (including phenoxy) is 3. The number of amides is 1. The summed E-state index contributed by atoms with van der Waals surface area (Å²) in [5.41, 5.74) is 2.46. The largest absolute Gasteiger partial charge is 0.497 e. The summed E-state index contributed by atoms with van der Waals surface area (Å²) < 4.78 is 16.0. The van der Waals surface area contributed by atoms with E-state index in [0.717, 1.165) is 30.1 Å². The average Bonchev–Trinajstić information content (AvgIpc) is 2.72. The normalized spacial score (nSPS) is 14.0. The van der Waals surface area contributed by atoms with E-state index in [1.165, 1.54) is 0 Å². The van der Waals surface area contributed by atoms with E-state index >= 15 is 0 Å². The van der Waals surface area contributed by atoms with E-state index in [0.29, 0.717) is 31.1 Å². The minimum absolute atomic E-state index is 0.114. The summed E-state index contributed by atoms with van der Waals surface area (Å²) in [6.45, 7) is 3.28. The standard InChI is InChI=1S/C20H24N2O4/c1-24-16-7-8-19(25-2)15(13-16)14-21-20(23)17-5-3-4-6-18(17)22-9-11-26-12-10-22/h3-8,13H,9-12,14H2,1-2H3,(H,21,23). The van der Waals surface area contributed by atoms with Crippen molar-refractivity contribution in [2.45, 2.75) is 6.54 Å². The van der Waals surface area contributed by atoms with Gasteiger partial charge in [-0.3, -0.25) is 4.79 Å². The summed E-state index contributed by atoms with van der Waals surface area (Å²) in [6, 6.07) is 13.2. The fourth-order valence-corrected chi connectivity index (χ4v) is 3.04. The van der Waals surface area contributed by atoms with Crippen LogP contribution in [0.1, 0.15) is 15.9 Å². The summed E-state index contributed by atoms with van der Waals surface area (Å²) in [7, 11) is 3.23. The average molecular weight is 356 g/mol. The molecule has 0 unspecified atom stereocenters. The number of hydrogen-bond donors (Lipinski definition) is 1. The van der Waals surface area contributed by atoms with Crippen LogP contribution in [-0.2, 0) is 11.3 Å². The monoisotopic (exact) mass is 356 g/mol. The Kier molecular flexibility index (Phi) is 5.96. The summed E-state index contributed by atoms with van der Waals surface area (Å²) in [6.07, 6.45) is 0. The lowest BCUT2D eigenvalue weighted by atomic mass is 10.1. The third-order valence-electron chi connectivity index (χ3n) is 4.43. The molecule has 1 N–H and O–H groups in total. The van der Waals surface area contributed by atoms with Crippen LogP contribution in [-0.4, -0.2) is 46.4 Å². The molecule has 0 atom stereocenters. The molecule has 6 heteroatoms. The molecule has 1 aliphatic rings. The Balaban J connectivity index is 1.75. The van der Waals surface area contributed by atoms with Gasteiger partial charge in [-0.25, -0.2) is 0 Å². The fourth-order valence-electron chi connectivity index (χ4n) is 3.04. The zero-order valence-electron chi connectivity index (χ0n) is 15.2. The molecule has 6 nitrogen and oxygen atoms in total. The minimum atomic E-state index is -0.114. The van der Waals surface area contributed by atoms with E-state index < -0.39 is 0 Å². The van der Waals surface area contributed by atoms with E-state index in [1.807, 2.05) is 42.5 Å². The molecule has 1 heterocycles. The second-order valence-corrected chi connectivity index (χ2v) is 5.98. The van der Waals surface area contributed by atoms with Crippen LogP contribution >= 0.6 is 0 Å². The number of carbonyl (C=O) groups is 1. The lowest BCUT2D eigenvalue weighted by Crippen LogP contribution is -2.37.